The van der Waals surface area contributed by atoms with Gasteiger partial charge in [0, 0.05) is 12.8 Å². The maximum absolute atomic E-state index is 10.8. The third-order valence-corrected chi connectivity index (χ3v) is 8.85. The van der Waals surface area contributed by atoms with Gasteiger partial charge < -0.3 is 24.4 Å². The Hall–Kier alpha value is -0.340. The fourth-order valence-corrected chi connectivity index (χ4v) is 6.11. The molecule has 0 radical (unpaired) electrons. The van der Waals surface area contributed by atoms with Crippen molar-refractivity contribution in [3.63, 3.8) is 0 Å². The van der Waals surface area contributed by atoms with Crippen molar-refractivity contribution < 1.29 is 24.4 Å². The molecule has 1 rings (SSSR count). The van der Waals surface area contributed by atoms with Gasteiger partial charge in [0.2, 0.25) is 0 Å². The second-order valence-corrected chi connectivity index (χ2v) is 13.0. The van der Waals surface area contributed by atoms with Crippen LogP contribution in [0.5, 0.6) is 0 Å². The van der Waals surface area contributed by atoms with E-state index >= 15 is 0 Å². The van der Waals surface area contributed by atoms with Crippen LogP contribution in [0, 0.1) is 0 Å². The molecule has 0 spiro atoms. The highest BCUT2D eigenvalue weighted by atomic mass is 32.1. The summed E-state index contributed by atoms with van der Waals surface area (Å²) in [5.41, 5.74) is 0. The van der Waals surface area contributed by atoms with Gasteiger partial charge in [-0.05, 0) is 37.3 Å². The lowest BCUT2D eigenvalue weighted by Crippen LogP contribution is -2.43. The van der Waals surface area contributed by atoms with Gasteiger partial charge in [-0.3, -0.25) is 0 Å². The molecule has 5 nitrogen and oxygen atoms in total. The second kappa shape index (κ2) is 27.2. The summed E-state index contributed by atoms with van der Waals surface area (Å²) in [4.78, 5) is 0. The van der Waals surface area contributed by atoms with E-state index in [0.29, 0.717) is 16.5 Å². The highest BCUT2D eigenvalue weighted by molar-refractivity contribution is 7.80. The van der Waals surface area contributed by atoms with Crippen molar-refractivity contribution in [1.29, 1.82) is 0 Å². The van der Waals surface area contributed by atoms with E-state index in [2.05, 4.69) is 13.8 Å². The molecule has 0 aromatic rings. The molecule has 4 atom stereocenters. The van der Waals surface area contributed by atoms with Crippen LogP contribution in [0.4, 0.5) is 0 Å². The molecule has 0 aromatic heterocycles. The molecule has 41 heavy (non-hydrogen) atoms. The van der Waals surface area contributed by atoms with Crippen molar-refractivity contribution in [3.05, 3.63) is 0 Å². The third-order valence-electron chi connectivity index (χ3n) is 8.25. The average Bonchev–Trinajstić information content (AvgIpc) is 3.32. The summed E-state index contributed by atoms with van der Waals surface area (Å²) < 4.78 is 17.5. The molecule has 1 heterocycles. The molecule has 0 bridgehead atoms. The van der Waals surface area contributed by atoms with Gasteiger partial charge in [0.25, 0.3) is 0 Å². The van der Waals surface area contributed by atoms with E-state index in [1.165, 1.54) is 116 Å². The Bertz CT molecular complexity index is 632. The first-order chi connectivity index (χ1) is 20.0. The maximum Gasteiger partial charge on any atom is 0.160 e. The smallest absolute Gasteiger partial charge is 0.160 e. The number of rotatable bonds is 28. The maximum atomic E-state index is 10.8. The highest BCUT2D eigenvalue weighted by Crippen LogP contribution is 2.24. The Balaban J connectivity index is 2.11. The lowest BCUT2D eigenvalue weighted by Gasteiger charge is -2.26. The Morgan fingerprint density at radius 1 is 0.659 bits per heavy atom. The predicted octanol–water partition coefficient (Wildman–Crippen LogP) is 9.57. The summed E-state index contributed by atoms with van der Waals surface area (Å²) >= 11 is 10.9. The zero-order valence-electron chi connectivity index (χ0n) is 26.6. The fourth-order valence-electron chi connectivity index (χ4n) is 5.58. The highest BCUT2D eigenvalue weighted by Gasteiger charge is 2.43. The number of hydrogen-bond acceptors (Lipinski definition) is 7. The first-order valence-electron chi connectivity index (χ1n) is 17.3. The zero-order valence-corrected chi connectivity index (χ0v) is 28.3. The van der Waals surface area contributed by atoms with Gasteiger partial charge in [-0.1, -0.05) is 142 Å². The molecule has 0 saturated carbocycles. The Morgan fingerprint density at radius 3 is 1.46 bits per heavy atom. The number of unbranched alkanes of at least 4 members (excludes halogenated alkanes) is 20. The number of hydrogen-bond donors (Lipinski definition) is 2. The molecule has 1 saturated heterocycles. The van der Waals surface area contributed by atoms with Gasteiger partial charge >= 0.3 is 0 Å². The van der Waals surface area contributed by atoms with Crippen molar-refractivity contribution in [1.82, 2.24) is 0 Å². The van der Waals surface area contributed by atoms with E-state index in [0.717, 1.165) is 32.1 Å². The van der Waals surface area contributed by atoms with Crippen LogP contribution in [0.25, 0.3) is 0 Å². The topological polar surface area (TPSA) is 68.2 Å². The summed E-state index contributed by atoms with van der Waals surface area (Å²) in [5.74, 6) is 0. The molecular formula is C34H64O5S2. The molecule has 242 valence electrons. The standard InChI is InChI=1S/C34H64O5S2/c1-3-5-7-9-11-13-15-17-19-21-23-25-31(40)38-29(27-35)34-33(36)30(28-37-34)39-32(41)26-24-22-20-18-16-14-12-10-8-6-4-2/h29-30,33-36H,3-28H2,1-2H3/t29-,30+,33-,34-/m1/s1. The summed E-state index contributed by atoms with van der Waals surface area (Å²) in [6.45, 7) is 4.48. The molecular weight excluding hydrogens is 553 g/mol. The minimum absolute atomic E-state index is 0.232. The molecule has 0 amide bonds. The van der Waals surface area contributed by atoms with E-state index in [4.69, 9.17) is 38.6 Å². The quantitative estimate of drug-likeness (QED) is 0.0670. The van der Waals surface area contributed by atoms with Crippen molar-refractivity contribution in [2.24, 2.45) is 0 Å². The molecule has 7 heteroatoms. The van der Waals surface area contributed by atoms with Crippen LogP contribution in [-0.4, -0.2) is 57.9 Å². The molecule has 1 aliphatic rings. The van der Waals surface area contributed by atoms with Gasteiger partial charge in [-0.25, -0.2) is 0 Å². The Labute approximate surface area is 263 Å². The summed E-state index contributed by atoms with van der Waals surface area (Å²) in [6, 6.07) is 0. The lowest BCUT2D eigenvalue weighted by molar-refractivity contribution is -0.0615. The Morgan fingerprint density at radius 2 is 1.05 bits per heavy atom. The van der Waals surface area contributed by atoms with Crippen LogP contribution in [0.1, 0.15) is 168 Å². The van der Waals surface area contributed by atoms with Crippen molar-refractivity contribution in [3.8, 4) is 0 Å². The number of thiocarbonyl (C=S) groups is 2. The fraction of sp³-hybridized carbons (Fsp3) is 0.941. The van der Waals surface area contributed by atoms with Crippen molar-refractivity contribution in [2.75, 3.05) is 13.2 Å². The molecule has 2 N–H and O–H groups in total. The van der Waals surface area contributed by atoms with Crippen LogP contribution in [0.15, 0.2) is 0 Å². The summed E-state index contributed by atoms with van der Waals surface area (Å²) in [6.07, 6.45) is 26.9. The van der Waals surface area contributed by atoms with Gasteiger partial charge in [-0.2, -0.15) is 0 Å². The minimum atomic E-state index is -0.910. The van der Waals surface area contributed by atoms with Crippen LogP contribution in [-0.2, 0) is 14.2 Å². The first-order valence-corrected chi connectivity index (χ1v) is 18.1. The van der Waals surface area contributed by atoms with Crippen LogP contribution >= 0.6 is 24.4 Å². The van der Waals surface area contributed by atoms with Crippen LogP contribution < -0.4 is 0 Å². The van der Waals surface area contributed by atoms with Gasteiger partial charge in [0.05, 0.1) is 13.2 Å². The molecule has 0 aliphatic carbocycles. The van der Waals surface area contributed by atoms with Crippen LogP contribution in [0.2, 0.25) is 0 Å². The van der Waals surface area contributed by atoms with Gasteiger partial charge in [0.1, 0.15) is 12.2 Å². The van der Waals surface area contributed by atoms with E-state index in [1.54, 1.807) is 0 Å². The number of ether oxygens (including phenoxy) is 3. The SMILES string of the molecule is CCCCCCCCCCCCCC(=S)O[C@H]1CO[C@H]([C@@H](CO)OC(=S)CCCCCCCCCCCCC)[C@@H]1O. The first kappa shape index (κ1) is 38.7. The predicted molar refractivity (Wildman–Crippen MR) is 180 cm³/mol. The molecule has 1 fully saturated rings. The van der Waals surface area contributed by atoms with Gasteiger partial charge in [0.15, 0.2) is 22.3 Å². The third kappa shape index (κ3) is 20.3. The van der Waals surface area contributed by atoms with Crippen molar-refractivity contribution in [2.45, 2.75) is 192 Å². The van der Waals surface area contributed by atoms with Gasteiger partial charge in [-0.15, -0.1) is 0 Å². The normalized spacial score (nSPS) is 19.4. The summed E-state index contributed by atoms with van der Waals surface area (Å²) in [5, 5.41) is 21.7. The largest absolute Gasteiger partial charge is 0.479 e. The van der Waals surface area contributed by atoms with E-state index in [-0.39, 0.29) is 13.2 Å². The lowest BCUT2D eigenvalue weighted by atomic mass is 10.0. The minimum Gasteiger partial charge on any atom is -0.479 e. The molecule has 0 aromatic carbocycles. The second-order valence-electron chi connectivity index (χ2n) is 12.1. The van der Waals surface area contributed by atoms with Crippen molar-refractivity contribution >= 4 is 34.5 Å². The van der Waals surface area contributed by atoms with E-state index < -0.39 is 24.4 Å². The number of aliphatic hydroxyl groups excluding tert-OH is 2. The number of aliphatic hydroxyl groups is 2. The van der Waals surface area contributed by atoms with E-state index in [9.17, 15) is 10.2 Å². The molecule has 1 aliphatic heterocycles. The Kier molecular flexibility index (Phi) is 25.7. The van der Waals surface area contributed by atoms with E-state index in [1.807, 2.05) is 0 Å². The molecule has 0 unspecified atom stereocenters. The summed E-state index contributed by atoms with van der Waals surface area (Å²) in [7, 11) is 0. The average molecular weight is 617 g/mol. The van der Waals surface area contributed by atoms with Crippen LogP contribution in [0.3, 0.4) is 0 Å². The zero-order chi connectivity index (χ0) is 30.0. The monoisotopic (exact) mass is 616 g/mol.